The molecule has 15 heavy (non-hydrogen) atoms. The predicted molar refractivity (Wildman–Crippen MR) is 56.0 cm³/mol. The van der Waals surface area contributed by atoms with Crippen LogP contribution in [0.4, 0.5) is 10.2 Å². The Morgan fingerprint density at radius 2 is 2.20 bits per heavy atom. The first-order valence-electron chi connectivity index (χ1n) is 5.41. The molecule has 1 aliphatic heterocycles. The Hall–Kier alpha value is -1.16. The smallest absolute Gasteiger partial charge is 0.141 e. The summed E-state index contributed by atoms with van der Waals surface area (Å²) in [5.41, 5.74) is 0. The van der Waals surface area contributed by atoms with Gasteiger partial charge in [0.05, 0.1) is 6.20 Å². The van der Waals surface area contributed by atoms with Gasteiger partial charge in [-0.15, -0.1) is 0 Å². The average Bonchev–Trinajstić information content (AvgIpc) is 2.71. The lowest BCUT2D eigenvalue weighted by Crippen LogP contribution is -2.18. The van der Waals surface area contributed by atoms with Crippen LogP contribution in [-0.4, -0.2) is 24.6 Å². The molecule has 4 heteroatoms. The summed E-state index contributed by atoms with van der Waals surface area (Å²) in [4.78, 5) is 3.97. The van der Waals surface area contributed by atoms with Gasteiger partial charge in [0, 0.05) is 6.54 Å². The van der Waals surface area contributed by atoms with Crippen LogP contribution in [0.25, 0.3) is 0 Å². The lowest BCUT2D eigenvalue weighted by atomic mass is 10.3. The van der Waals surface area contributed by atoms with Crippen LogP contribution in [0, 0.1) is 23.6 Å². The van der Waals surface area contributed by atoms with E-state index in [4.69, 9.17) is 0 Å². The molecule has 3 rings (SSSR count). The maximum atomic E-state index is 12.6. The maximum absolute atomic E-state index is 12.6. The summed E-state index contributed by atoms with van der Waals surface area (Å²) < 4.78 is 12.6. The van der Waals surface area contributed by atoms with Crippen molar-refractivity contribution in [3.63, 3.8) is 0 Å². The maximum Gasteiger partial charge on any atom is 0.141 e. The third-order valence-corrected chi connectivity index (χ3v) is 3.52. The highest BCUT2D eigenvalue weighted by Crippen LogP contribution is 2.48. The van der Waals surface area contributed by atoms with Gasteiger partial charge < -0.3 is 10.6 Å². The molecule has 2 unspecified atom stereocenters. The summed E-state index contributed by atoms with van der Waals surface area (Å²) in [6, 6.07) is 3.12. The standard InChI is InChI=1S/C11H14FN3/c12-7-1-2-11(14-3-7)15-6-10-8-4-13-5-9(8)10/h1-3,8-10,13H,4-6H2,(H,14,15). The first-order valence-corrected chi connectivity index (χ1v) is 5.41. The number of fused-ring (bicyclic) bond motifs is 1. The lowest BCUT2D eigenvalue weighted by molar-refractivity contribution is 0.612. The van der Waals surface area contributed by atoms with Crippen molar-refractivity contribution in [3.8, 4) is 0 Å². The first kappa shape index (κ1) is 9.09. The predicted octanol–water partition coefficient (Wildman–Crippen LogP) is 1.10. The molecule has 3 nitrogen and oxygen atoms in total. The van der Waals surface area contributed by atoms with Gasteiger partial charge in [0.25, 0.3) is 0 Å². The summed E-state index contributed by atoms with van der Waals surface area (Å²) in [6.07, 6.45) is 1.25. The number of aromatic nitrogens is 1. The fraction of sp³-hybridized carbons (Fsp3) is 0.545. The molecule has 0 aromatic carbocycles. The molecule has 0 spiro atoms. The minimum atomic E-state index is -0.284. The van der Waals surface area contributed by atoms with E-state index in [2.05, 4.69) is 15.6 Å². The van der Waals surface area contributed by atoms with Gasteiger partial charge in [-0.1, -0.05) is 0 Å². The minimum absolute atomic E-state index is 0.284. The first-order chi connectivity index (χ1) is 7.34. The lowest BCUT2D eigenvalue weighted by Gasteiger charge is -2.06. The number of hydrogen-bond donors (Lipinski definition) is 2. The number of anilines is 1. The van der Waals surface area contributed by atoms with Crippen molar-refractivity contribution in [2.45, 2.75) is 0 Å². The number of pyridine rings is 1. The molecule has 2 aliphatic rings. The molecule has 1 aromatic heterocycles. The summed E-state index contributed by atoms with van der Waals surface area (Å²) in [5, 5.41) is 6.62. The van der Waals surface area contributed by atoms with E-state index in [-0.39, 0.29) is 5.82 Å². The fourth-order valence-electron chi connectivity index (χ4n) is 2.55. The van der Waals surface area contributed by atoms with Crippen molar-refractivity contribution in [2.75, 3.05) is 25.0 Å². The van der Waals surface area contributed by atoms with Crippen LogP contribution in [-0.2, 0) is 0 Å². The molecule has 2 N–H and O–H groups in total. The zero-order valence-electron chi connectivity index (χ0n) is 8.41. The summed E-state index contributed by atoms with van der Waals surface area (Å²) in [6.45, 7) is 3.29. The van der Waals surface area contributed by atoms with Crippen LogP contribution in [0.2, 0.25) is 0 Å². The quantitative estimate of drug-likeness (QED) is 0.779. The largest absolute Gasteiger partial charge is 0.370 e. The van der Waals surface area contributed by atoms with E-state index in [9.17, 15) is 4.39 Å². The summed E-state index contributed by atoms with van der Waals surface area (Å²) in [7, 11) is 0. The zero-order chi connectivity index (χ0) is 10.3. The summed E-state index contributed by atoms with van der Waals surface area (Å²) >= 11 is 0. The second-order valence-electron chi connectivity index (χ2n) is 4.39. The van der Waals surface area contributed by atoms with Crippen LogP contribution in [0.1, 0.15) is 0 Å². The number of piperidine rings is 1. The van der Waals surface area contributed by atoms with Crippen LogP contribution in [0.15, 0.2) is 18.3 Å². The number of hydrogen-bond acceptors (Lipinski definition) is 3. The van der Waals surface area contributed by atoms with E-state index in [0.717, 1.165) is 43.2 Å². The zero-order valence-corrected chi connectivity index (χ0v) is 8.41. The van der Waals surface area contributed by atoms with E-state index in [1.165, 1.54) is 12.3 Å². The molecule has 2 heterocycles. The highest BCUT2D eigenvalue weighted by molar-refractivity contribution is 5.34. The molecule has 1 saturated carbocycles. The molecule has 0 radical (unpaired) electrons. The Balaban J connectivity index is 1.52. The molecule has 1 aliphatic carbocycles. The van der Waals surface area contributed by atoms with E-state index in [1.54, 1.807) is 6.07 Å². The van der Waals surface area contributed by atoms with E-state index in [0.29, 0.717) is 0 Å². The van der Waals surface area contributed by atoms with Gasteiger partial charge in [-0.25, -0.2) is 9.37 Å². The third-order valence-electron chi connectivity index (χ3n) is 3.52. The van der Waals surface area contributed by atoms with Gasteiger partial charge in [0.2, 0.25) is 0 Å². The third kappa shape index (κ3) is 1.69. The van der Waals surface area contributed by atoms with Gasteiger partial charge >= 0.3 is 0 Å². The van der Waals surface area contributed by atoms with Crippen LogP contribution in [0.5, 0.6) is 0 Å². The number of nitrogens with zero attached hydrogens (tertiary/aromatic N) is 1. The molecule has 80 valence electrons. The van der Waals surface area contributed by atoms with E-state index in [1.807, 2.05) is 0 Å². The SMILES string of the molecule is Fc1ccc(NCC2C3CNCC32)nc1. The van der Waals surface area contributed by atoms with Gasteiger partial charge in [0.15, 0.2) is 0 Å². The van der Waals surface area contributed by atoms with Crippen molar-refractivity contribution in [1.82, 2.24) is 10.3 Å². The Bertz CT molecular complexity index is 341. The van der Waals surface area contributed by atoms with Crippen molar-refractivity contribution >= 4 is 5.82 Å². The number of halogens is 1. The van der Waals surface area contributed by atoms with Crippen LogP contribution in [0.3, 0.4) is 0 Å². The van der Waals surface area contributed by atoms with Crippen LogP contribution >= 0.6 is 0 Å². The second kappa shape index (κ2) is 3.45. The van der Waals surface area contributed by atoms with E-state index < -0.39 is 0 Å². The molecular formula is C11H14FN3. The molecule has 0 bridgehead atoms. The highest BCUT2D eigenvalue weighted by Gasteiger charge is 2.52. The Kier molecular flexibility index (Phi) is 2.09. The Labute approximate surface area is 88.1 Å². The normalized spacial score (nSPS) is 32.5. The second-order valence-corrected chi connectivity index (χ2v) is 4.39. The summed E-state index contributed by atoms with van der Waals surface area (Å²) in [5.74, 6) is 3.00. The van der Waals surface area contributed by atoms with Crippen molar-refractivity contribution < 1.29 is 4.39 Å². The topological polar surface area (TPSA) is 37.0 Å². The van der Waals surface area contributed by atoms with Crippen molar-refractivity contribution in [1.29, 1.82) is 0 Å². The number of rotatable bonds is 3. The Morgan fingerprint density at radius 1 is 1.40 bits per heavy atom. The van der Waals surface area contributed by atoms with E-state index >= 15 is 0 Å². The van der Waals surface area contributed by atoms with Gasteiger partial charge in [-0.05, 0) is 43.0 Å². The van der Waals surface area contributed by atoms with Gasteiger partial charge in [-0.3, -0.25) is 0 Å². The van der Waals surface area contributed by atoms with Gasteiger partial charge in [0.1, 0.15) is 11.6 Å². The molecule has 0 amide bonds. The van der Waals surface area contributed by atoms with Crippen molar-refractivity contribution in [3.05, 3.63) is 24.1 Å². The monoisotopic (exact) mass is 207 g/mol. The van der Waals surface area contributed by atoms with Crippen molar-refractivity contribution in [2.24, 2.45) is 17.8 Å². The average molecular weight is 207 g/mol. The highest BCUT2D eigenvalue weighted by atomic mass is 19.1. The number of nitrogens with one attached hydrogen (secondary N) is 2. The molecule has 1 saturated heterocycles. The molecular weight excluding hydrogens is 193 g/mol. The minimum Gasteiger partial charge on any atom is -0.370 e. The van der Waals surface area contributed by atoms with Crippen LogP contribution < -0.4 is 10.6 Å². The molecule has 2 atom stereocenters. The Morgan fingerprint density at radius 3 is 2.87 bits per heavy atom. The van der Waals surface area contributed by atoms with Gasteiger partial charge in [-0.2, -0.15) is 0 Å². The fourth-order valence-corrected chi connectivity index (χ4v) is 2.55. The molecule has 2 fully saturated rings. The molecule has 1 aromatic rings.